The quantitative estimate of drug-likeness (QED) is 0.432. The van der Waals surface area contributed by atoms with Gasteiger partial charge in [0.05, 0.1) is 25.7 Å². The maximum Gasteiger partial charge on any atom is 0.247 e. The first-order chi connectivity index (χ1) is 17.7. The van der Waals surface area contributed by atoms with Crippen LogP contribution in [0.15, 0.2) is 42.0 Å². The Morgan fingerprint density at radius 2 is 2.00 bits per heavy atom. The van der Waals surface area contributed by atoms with Crippen LogP contribution in [0.3, 0.4) is 0 Å². The number of ether oxygens (including phenoxy) is 2. The molecular weight excluding hydrogens is 523 g/mol. The monoisotopic (exact) mass is 548 g/mol. The molecule has 11 heteroatoms. The van der Waals surface area contributed by atoms with Crippen LogP contribution < -0.4 is 14.8 Å². The van der Waals surface area contributed by atoms with Crippen molar-refractivity contribution >= 4 is 41.3 Å². The molecule has 2 aliphatic rings. The Labute approximate surface area is 223 Å². The van der Waals surface area contributed by atoms with Gasteiger partial charge in [-0.2, -0.15) is 0 Å². The molecule has 4 unspecified atom stereocenters. The molecule has 0 spiro atoms. The third-order valence-corrected chi connectivity index (χ3v) is 7.12. The van der Waals surface area contributed by atoms with E-state index in [9.17, 15) is 24.6 Å². The van der Waals surface area contributed by atoms with Gasteiger partial charge in [0, 0.05) is 46.8 Å². The molecule has 3 N–H and O–H groups in total. The highest BCUT2D eigenvalue weighted by atomic mass is 35.5. The van der Waals surface area contributed by atoms with E-state index in [4.69, 9.17) is 32.7 Å². The highest BCUT2D eigenvalue weighted by molar-refractivity contribution is 6.35. The van der Waals surface area contributed by atoms with Crippen molar-refractivity contribution in [3.63, 3.8) is 0 Å². The number of aliphatic hydroxyl groups excluding tert-OH is 2. The Morgan fingerprint density at radius 3 is 2.62 bits per heavy atom. The van der Waals surface area contributed by atoms with Crippen LogP contribution in [0, 0.1) is 0 Å². The van der Waals surface area contributed by atoms with Gasteiger partial charge in [-0.25, -0.2) is 0 Å². The first kappa shape index (κ1) is 26.9. The molecule has 9 nitrogen and oxygen atoms in total. The predicted molar refractivity (Wildman–Crippen MR) is 136 cm³/mol. The number of nitrogens with one attached hydrogen (secondary N) is 1. The van der Waals surface area contributed by atoms with Gasteiger partial charge in [0.2, 0.25) is 11.8 Å². The lowest BCUT2D eigenvalue weighted by molar-refractivity contribution is -0.135. The van der Waals surface area contributed by atoms with Gasteiger partial charge >= 0.3 is 0 Å². The third kappa shape index (κ3) is 5.17. The minimum absolute atomic E-state index is 0.00297. The maximum absolute atomic E-state index is 13.2. The fraction of sp³-hybridized carbons (Fsp3) is 0.346. The summed E-state index contributed by atoms with van der Waals surface area (Å²) in [5.74, 6) is -1.03. The second-order valence-corrected chi connectivity index (χ2v) is 9.63. The number of fused-ring (bicyclic) bond motifs is 3. The smallest absolute Gasteiger partial charge is 0.247 e. The van der Waals surface area contributed by atoms with E-state index in [0.717, 1.165) is 0 Å². The number of hydrogen-bond acceptors (Lipinski definition) is 7. The van der Waals surface area contributed by atoms with Crippen molar-refractivity contribution < 1.29 is 34.1 Å². The van der Waals surface area contributed by atoms with E-state index in [0.29, 0.717) is 38.8 Å². The van der Waals surface area contributed by atoms with E-state index in [1.807, 2.05) is 0 Å². The van der Waals surface area contributed by atoms with Crippen molar-refractivity contribution in [3.8, 4) is 11.5 Å². The van der Waals surface area contributed by atoms with E-state index in [1.165, 1.54) is 31.1 Å². The minimum Gasteiger partial charge on any atom is -0.493 e. The highest BCUT2D eigenvalue weighted by Crippen LogP contribution is 2.51. The molecule has 1 aliphatic heterocycles. The fourth-order valence-electron chi connectivity index (χ4n) is 4.82. The average molecular weight is 549 g/mol. The minimum atomic E-state index is -1.24. The normalized spacial score (nSPS) is 21.7. The van der Waals surface area contributed by atoms with E-state index >= 15 is 0 Å². The van der Waals surface area contributed by atoms with Crippen LogP contribution in [-0.2, 0) is 16.1 Å². The molecule has 1 aliphatic carbocycles. The summed E-state index contributed by atoms with van der Waals surface area (Å²) in [7, 11) is 1.42. The van der Waals surface area contributed by atoms with Crippen molar-refractivity contribution in [2.45, 2.75) is 37.6 Å². The number of carbonyl (C=O) groups is 3. The van der Waals surface area contributed by atoms with Crippen molar-refractivity contribution in [2.75, 3.05) is 20.3 Å². The van der Waals surface area contributed by atoms with Crippen molar-refractivity contribution in [1.29, 1.82) is 0 Å². The van der Waals surface area contributed by atoms with Gasteiger partial charge < -0.3 is 29.9 Å². The number of aldehydes is 1. The van der Waals surface area contributed by atoms with Gasteiger partial charge in [-0.3, -0.25) is 14.4 Å². The van der Waals surface area contributed by atoms with Gasteiger partial charge in [-0.05, 0) is 35.9 Å². The van der Waals surface area contributed by atoms with Gasteiger partial charge in [-0.1, -0.05) is 29.3 Å². The predicted octanol–water partition coefficient (Wildman–Crippen LogP) is 2.49. The third-order valence-electron chi connectivity index (χ3n) is 6.53. The summed E-state index contributed by atoms with van der Waals surface area (Å²) < 4.78 is 11.5. The molecule has 4 atom stereocenters. The number of hydrogen-bond donors (Lipinski definition) is 3. The zero-order valence-electron chi connectivity index (χ0n) is 20.1. The van der Waals surface area contributed by atoms with E-state index in [1.54, 1.807) is 24.3 Å². The summed E-state index contributed by atoms with van der Waals surface area (Å²) in [6.07, 6.45) is -0.0207. The van der Waals surface area contributed by atoms with Gasteiger partial charge in [-0.15, -0.1) is 0 Å². The van der Waals surface area contributed by atoms with Crippen molar-refractivity contribution in [1.82, 2.24) is 10.2 Å². The summed E-state index contributed by atoms with van der Waals surface area (Å²) >= 11 is 12.4. The molecule has 0 radical (unpaired) electrons. The number of carbonyl (C=O) groups excluding carboxylic acids is 3. The first-order valence-corrected chi connectivity index (χ1v) is 12.3. The number of rotatable bonds is 8. The largest absolute Gasteiger partial charge is 0.493 e. The molecule has 2 amide bonds. The molecule has 0 bridgehead atoms. The summed E-state index contributed by atoms with van der Waals surface area (Å²) in [5, 5.41) is 24.1. The van der Waals surface area contributed by atoms with Crippen LogP contribution in [0.2, 0.25) is 10.0 Å². The Hall–Kier alpha value is -3.11. The number of nitrogens with zero attached hydrogens (tertiary/aromatic N) is 1. The molecule has 0 saturated carbocycles. The van der Waals surface area contributed by atoms with Gasteiger partial charge in [0.25, 0.3) is 0 Å². The van der Waals surface area contributed by atoms with Crippen LogP contribution >= 0.6 is 23.2 Å². The molecule has 2 aromatic rings. The van der Waals surface area contributed by atoms with Crippen molar-refractivity contribution in [2.24, 2.45) is 0 Å². The van der Waals surface area contributed by atoms with E-state index < -0.39 is 30.1 Å². The number of benzene rings is 2. The molecule has 0 saturated heterocycles. The molecule has 0 fully saturated rings. The maximum atomic E-state index is 13.2. The zero-order valence-corrected chi connectivity index (χ0v) is 21.6. The molecule has 37 heavy (non-hydrogen) atoms. The molecule has 0 aromatic heterocycles. The Morgan fingerprint density at radius 1 is 1.24 bits per heavy atom. The van der Waals surface area contributed by atoms with Gasteiger partial charge in [0.1, 0.15) is 18.5 Å². The highest BCUT2D eigenvalue weighted by Gasteiger charge is 2.51. The first-order valence-electron chi connectivity index (χ1n) is 11.5. The van der Waals surface area contributed by atoms with E-state index in [-0.39, 0.29) is 36.9 Å². The molecule has 4 rings (SSSR count). The summed E-state index contributed by atoms with van der Waals surface area (Å²) in [5.41, 5.74) is 1.65. The second-order valence-electron chi connectivity index (χ2n) is 8.78. The van der Waals surface area contributed by atoms with Crippen LogP contribution in [0.25, 0.3) is 0 Å². The molecule has 2 aromatic carbocycles. The van der Waals surface area contributed by atoms with Crippen LogP contribution in [0.5, 0.6) is 11.5 Å². The zero-order chi connectivity index (χ0) is 26.9. The number of halogens is 2. The molecule has 1 heterocycles. The summed E-state index contributed by atoms with van der Waals surface area (Å²) in [4.78, 5) is 39.0. The fourth-order valence-corrected chi connectivity index (χ4v) is 5.29. The Kier molecular flexibility index (Phi) is 8.08. The number of methoxy groups -OCH3 is 1. The lowest BCUT2D eigenvalue weighted by Crippen LogP contribution is -2.55. The lowest BCUT2D eigenvalue weighted by atomic mass is 9.77. The summed E-state index contributed by atoms with van der Waals surface area (Å²) in [6.45, 7) is 1.12. The lowest BCUT2D eigenvalue weighted by Gasteiger charge is -2.40. The standard InChI is InChI=1S/C26H26Cl2N2O7/c1-13(33)30(11-15-3-4-16(27)9-19(15)28)20-10-18(26(35)29-5-6-31)22-17-7-14(12-32)8-21(36-2)24(17)37-25(22)23(20)34/h3-4,7-10,12,20,22-23,25,31,34H,5-6,11H2,1-2H3,(H,29,35). The van der Waals surface area contributed by atoms with Crippen LogP contribution in [0.4, 0.5) is 0 Å². The second kappa shape index (κ2) is 11.1. The number of aliphatic hydroxyl groups is 2. The Bertz CT molecular complexity index is 1270. The van der Waals surface area contributed by atoms with Crippen LogP contribution in [0.1, 0.15) is 34.3 Å². The molecule has 196 valence electrons. The summed E-state index contributed by atoms with van der Waals surface area (Å²) in [6, 6.07) is 7.03. The van der Waals surface area contributed by atoms with Gasteiger partial charge in [0.15, 0.2) is 11.5 Å². The van der Waals surface area contributed by atoms with E-state index in [2.05, 4.69) is 5.32 Å². The Balaban J connectivity index is 1.81. The van der Waals surface area contributed by atoms with Crippen molar-refractivity contribution in [3.05, 3.63) is 68.7 Å². The average Bonchev–Trinajstić information content (AvgIpc) is 3.26. The topological polar surface area (TPSA) is 125 Å². The molecular formula is C26H26Cl2N2O7. The SMILES string of the molecule is COc1cc(C=O)cc2c1OC1C2C(C(=O)NCCO)=CC(N(Cc2ccc(Cl)cc2Cl)C(C)=O)C1O. The van der Waals surface area contributed by atoms with Crippen LogP contribution in [-0.4, -0.2) is 71.7 Å². The number of amides is 2.